The van der Waals surface area contributed by atoms with E-state index < -0.39 is 5.97 Å². The fraction of sp³-hybridized carbons (Fsp3) is 0.235. The van der Waals surface area contributed by atoms with E-state index in [-0.39, 0.29) is 32.2 Å². The fourth-order valence-electron chi connectivity index (χ4n) is 2.36. The highest BCUT2D eigenvalue weighted by Gasteiger charge is 2.19. The molecule has 0 saturated carbocycles. The predicted octanol–water partition coefficient (Wildman–Crippen LogP) is 2.90. The van der Waals surface area contributed by atoms with E-state index in [1.54, 1.807) is 30.3 Å². The predicted molar refractivity (Wildman–Crippen MR) is 78.8 cm³/mol. The zero-order chi connectivity index (χ0) is 16.2. The summed E-state index contributed by atoms with van der Waals surface area (Å²) in [5.74, 6) is -0.166. The molecule has 6 heteroatoms. The van der Waals surface area contributed by atoms with Crippen LogP contribution in [0.2, 0.25) is 0 Å². The van der Waals surface area contributed by atoms with Gasteiger partial charge in [0.15, 0.2) is 6.79 Å². The Morgan fingerprint density at radius 2 is 2.00 bits per heavy atom. The van der Waals surface area contributed by atoms with Gasteiger partial charge in [-0.15, -0.1) is 0 Å². The average molecular weight is 318 g/mol. The van der Waals surface area contributed by atoms with E-state index in [9.17, 15) is 9.18 Å². The molecule has 2 aromatic carbocycles. The molecule has 2 aromatic rings. The number of ether oxygens (including phenoxy) is 3. The third kappa shape index (κ3) is 3.60. The Morgan fingerprint density at radius 3 is 2.74 bits per heavy atom. The first-order valence-electron chi connectivity index (χ1n) is 7.08. The molecule has 0 aliphatic carbocycles. The van der Waals surface area contributed by atoms with E-state index in [0.717, 1.165) is 5.56 Å². The molecule has 1 heterocycles. The van der Waals surface area contributed by atoms with E-state index >= 15 is 0 Å². The van der Waals surface area contributed by atoms with Crippen LogP contribution in [0.5, 0.6) is 11.5 Å². The Balaban J connectivity index is 1.70. The molecule has 0 bridgehead atoms. The van der Waals surface area contributed by atoms with Crippen molar-refractivity contribution in [3.63, 3.8) is 0 Å². The van der Waals surface area contributed by atoms with Crippen LogP contribution in [0.4, 0.5) is 4.39 Å². The molecule has 5 nitrogen and oxygen atoms in total. The third-order valence-corrected chi connectivity index (χ3v) is 3.49. The van der Waals surface area contributed by atoms with Crippen LogP contribution in [-0.2, 0) is 29.2 Å². The van der Waals surface area contributed by atoms with Gasteiger partial charge in [0, 0.05) is 5.56 Å². The molecule has 120 valence electrons. The van der Waals surface area contributed by atoms with Crippen LogP contribution in [0.3, 0.4) is 0 Å². The molecule has 1 aliphatic rings. The standard InChI is InChI=1S/C17H15FO5/c18-15-6-3-12(17-14(15)9-21-10-23-17)8-22-13-4-1-11(2-5-13)7-16(19)20/h1-6H,7-10H2,(H,19,20). The summed E-state index contributed by atoms with van der Waals surface area (Å²) in [7, 11) is 0. The maximum absolute atomic E-state index is 13.7. The zero-order valence-corrected chi connectivity index (χ0v) is 12.3. The Hall–Kier alpha value is -2.60. The highest BCUT2D eigenvalue weighted by molar-refractivity contribution is 5.70. The maximum Gasteiger partial charge on any atom is 0.307 e. The van der Waals surface area contributed by atoms with Gasteiger partial charge in [0.1, 0.15) is 23.9 Å². The van der Waals surface area contributed by atoms with Gasteiger partial charge in [0.2, 0.25) is 0 Å². The minimum Gasteiger partial charge on any atom is -0.489 e. The van der Waals surface area contributed by atoms with Crippen molar-refractivity contribution in [1.82, 2.24) is 0 Å². The van der Waals surface area contributed by atoms with Gasteiger partial charge in [0.05, 0.1) is 18.6 Å². The summed E-state index contributed by atoms with van der Waals surface area (Å²) in [6, 6.07) is 9.81. The lowest BCUT2D eigenvalue weighted by atomic mass is 10.1. The summed E-state index contributed by atoms with van der Waals surface area (Å²) in [6.45, 7) is 0.493. The monoisotopic (exact) mass is 318 g/mol. The van der Waals surface area contributed by atoms with Crippen LogP contribution >= 0.6 is 0 Å². The molecule has 0 saturated heterocycles. The number of benzene rings is 2. The van der Waals surface area contributed by atoms with Crippen LogP contribution in [0.25, 0.3) is 0 Å². The smallest absolute Gasteiger partial charge is 0.307 e. The summed E-state index contributed by atoms with van der Waals surface area (Å²) in [5.41, 5.74) is 1.83. The minimum atomic E-state index is -0.879. The summed E-state index contributed by atoms with van der Waals surface area (Å²) in [4.78, 5) is 10.6. The summed E-state index contributed by atoms with van der Waals surface area (Å²) in [6.07, 6.45) is -0.0282. The van der Waals surface area contributed by atoms with Crippen molar-refractivity contribution in [1.29, 1.82) is 0 Å². The normalized spacial score (nSPS) is 13.1. The molecular weight excluding hydrogens is 303 g/mol. The molecule has 0 spiro atoms. The van der Waals surface area contributed by atoms with Gasteiger partial charge in [-0.3, -0.25) is 4.79 Å². The topological polar surface area (TPSA) is 65.0 Å². The first-order chi connectivity index (χ1) is 11.1. The Kier molecular flexibility index (Phi) is 4.43. The fourth-order valence-corrected chi connectivity index (χ4v) is 2.36. The molecule has 0 amide bonds. The van der Waals surface area contributed by atoms with Crippen molar-refractivity contribution < 1.29 is 28.5 Å². The van der Waals surface area contributed by atoms with Crippen molar-refractivity contribution in [3.8, 4) is 11.5 Å². The molecule has 1 N–H and O–H groups in total. The lowest BCUT2D eigenvalue weighted by Gasteiger charge is -2.21. The molecule has 0 radical (unpaired) electrons. The molecule has 3 rings (SSSR count). The zero-order valence-electron chi connectivity index (χ0n) is 12.3. The maximum atomic E-state index is 13.7. The second-order valence-electron chi connectivity index (χ2n) is 5.13. The van der Waals surface area contributed by atoms with Crippen molar-refractivity contribution >= 4 is 5.97 Å². The molecular formula is C17H15FO5. The number of hydrogen-bond donors (Lipinski definition) is 1. The van der Waals surface area contributed by atoms with Crippen molar-refractivity contribution in [3.05, 3.63) is 58.9 Å². The molecule has 1 aliphatic heterocycles. The van der Waals surface area contributed by atoms with Crippen LogP contribution in [0.15, 0.2) is 36.4 Å². The second-order valence-corrected chi connectivity index (χ2v) is 5.13. The lowest BCUT2D eigenvalue weighted by Crippen LogP contribution is -2.15. The lowest BCUT2D eigenvalue weighted by molar-refractivity contribution is -0.136. The second kappa shape index (κ2) is 6.66. The average Bonchev–Trinajstić information content (AvgIpc) is 2.55. The summed E-state index contributed by atoms with van der Waals surface area (Å²) in [5, 5.41) is 8.74. The highest BCUT2D eigenvalue weighted by Crippen LogP contribution is 2.31. The number of carbonyl (C=O) groups is 1. The number of halogens is 1. The van der Waals surface area contributed by atoms with Crippen LogP contribution in [0.1, 0.15) is 16.7 Å². The Morgan fingerprint density at radius 1 is 1.22 bits per heavy atom. The molecule has 23 heavy (non-hydrogen) atoms. The molecule has 0 fully saturated rings. The Labute approximate surface area is 132 Å². The van der Waals surface area contributed by atoms with E-state index in [4.69, 9.17) is 19.3 Å². The first kappa shape index (κ1) is 15.3. The minimum absolute atomic E-state index is 0.0282. The van der Waals surface area contributed by atoms with Crippen molar-refractivity contribution in [2.45, 2.75) is 19.6 Å². The molecule has 0 atom stereocenters. The van der Waals surface area contributed by atoms with Gasteiger partial charge in [-0.2, -0.15) is 0 Å². The molecule has 0 aromatic heterocycles. The number of carboxylic acid groups (broad SMARTS) is 1. The quantitative estimate of drug-likeness (QED) is 0.918. The number of rotatable bonds is 5. The van der Waals surface area contributed by atoms with E-state index in [1.165, 1.54) is 6.07 Å². The molecule has 0 unspecified atom stereocenters. The third-order valence-electron chi connectivity index (χ3n) is 3.49. The van der Waals surface area contributed by atoms with Crippen molar-refractivity contribution in [2.75, 3.05) is 6.79 Å². The largest absolute Gasteiger partial charge is 0.489 e. The van der Waals surface area contributed by atoms with Gasteiger partial charge >= 0.3 is 5.97 Å². The highest BCUT2D eigenvalue weighted by atomic mass is 19.1. The van der Waals surface area contributed by atoms with E-state index in [2.05, 4.69) is 0 Å². The number of hydrogen-bond acceptors (Lipinski definition) is 4. The summed E-state index contributed by atoms with van der Waals surface area (Å²) >= 11 is 0. The van der Waals surface area contributed by atoms with Gasteiger partial charge in [-0.25, -0.2) is 4.39 Å². The van der Waals surface area contributed by atoms with Crippen LogP contribution in [0, 0.1) is 5.82 Å². The number of fused-ring (bicyclic) bond motifs is 1. The van der Waals surface area contributed by atoms with Gasteiger partial charge in [0.25, 0.3) is 0 Å². The Bertz CT molecular complexity index is 712. The van der Waals surface area contributed by atoms with Gasteiger partial charge in [-0.1, -0.05) is 12.1 Å². The number of carboxylic acids is 1. The van der Waals surface area contributed by atoms with Gasteiger partial charge in [-0.05, 0) is 29.8 Å². The SMILES string of the molecule is O=C(O)Cc1ccc(OCc2ccc(F)c3c2OCOC3)cc1. The van der Waals surface area contributed by atoms with Gasteiger partial charge < -0.3 is 19.3 Å². The van der Waals surface area contributed by atoms with E-state index in [1.807, 2.05) is 0 Å². The number of aliphatic carboxylic acids is 1. The van der Waals surface area contributed by atoms with Crippen molar-refractivity contribution in [2.24, 2.45) is 0 Å². The van der Waals surface area contributed by atoms with Crippen LogP contribution in [-0.4, -0.2) is 17.9 Å². The van der Waals surface area contributed by atoms with Crippen LogP contribution < -0.4 is 9.47 Å². The summed E-state index contributed by atoms with van der Waals surface area (Å²) < 4.78 is 29.8. The first-order valence-corrected chi connectivity index (χ1v) is 7.08. The van der Waals surface area contributed by atoms with E-state index in [0.29, 0.717) is 22.6 Å².